The Morgan fingerprint density at radius 3 is 2.61 bits per heavy atom. The van der Waals surface area contributed by atoms with Crippen molar-refractivity contribution >= 4 is 0 Å². The monoisotopic (exact) mass is 253 g/mol. The van der Waals surface area contributed by atoms with Gasteiger partial charge in [0.2, 0.25) is 0 Å². The highest BCUT2D eigenvalue weighted by atomic mass is 19.1. The molecule has 0 aliphatic rings. The van der Waals surface area contributed by atoms with E-state index in [1.54, 1.807) is 7.11 Å². The fraction of sp³-hybridized carbons (Fsp3) is 0.600. The summed E-state index contributed by atoms with van der Waals surface area (Å²) in [5.41, 5.74) is 0.748. The predicted molar refractivity (Wildman–Crippen MR) is 73.5 cm³/mol. The van der Waals surface area contributed by atoms with E-state index in [0.29, 0.717) is 5.75 Å². The molecule has 1 unspecified atom stereocenters. The van der Waals surface area contributed by atoms with E-state index < -0.39 is 0 Å². The zero-order valence-electron chi connectivity index (χ0n) is 11.6. The minimum Gasteiger partial charge on any atom is -0.497 e. The third-order valence-corrected chi connectivity index (χ3v) is 3.07. The van der Waals surface area contributed by atoms with Crippen LogP contribution in [-0.4, -0.2) is 13.7 Å². The van der Waals surface area contributed by atoms with Gasteiger partial charge in [0.1, 0.15) is 11.6 Å². The molecule has 0 bridgehead atoms. The molecule has 0 aliphatic carbocycles. The molecule has 0 saturated heterocycles. The van der Waals surface area contributed by atoms with E-state index in [1.807, 2.05) is 12.1 Å². The van der Waals surface area contributed by atoms with Crippen LogP contribution in [0.25, 0.3) is 0 Å². The van der Waals surface area contributed by atoms with Crippen LogP contribution in [0, 0.1) is 5.82 Å². The van der Waals surface area contributed by atoms with E-state index in [1.165, 1.54) is 6.07 Å². The molecule has 1 aromatic carbocycles. The Labute approximate surface area is 110 Å². The second kappa shape index (κ2) is 8.09. The molecule has 0 heterocycles. The first-order valence-corrected chi connectivity index (χ1v) is 6.79. The molecule has 3 heteroatoms. The van der Waals surface area contributed by atoms with Gasteiger partial charge in [-0.05, 0) is 25.5 Å². The normalized spacial score (nSPS) is 12.4. The molecule has 1 aromatic rings. The Balaban J connectivity index is 2.82. The van der Waals surface area contributed by atoms with Gasteiger partial charge in [-0.2, -0.15) is 0 Å². The van der Waals surface area contributed by atoms with Crippen LogP contribution in [0.3, 0.4) is 0 Å². The number of ether oxygens (including phenoxy) is 1. The summed E-state index contributed by atoms with van der Waals surface area (Å²) >= 11 is 0. The summed E-state index contributed by atoms with van der Waals surface area (Å²) < 4.78 is 19.1. The molecule has 0 spiro atoms. The summed E-state index contributed by atoms with van der Waals surface area (Å²) in [7, 11) is 1.55. The molecule has 102 valence electrons. The number of hydrogen-bond acceptors (Lipinski definition) is 2. The molecule has 0 aromatic heterocycles. The first-order chi connectivity index (χ1) is 8.72. The van der Waals surface area contributed by atoms with Crippen LogP contribution in [0.15, 0.2) is 18.2 Å². The Hall–Kier alpha value is -1.09. The third kappa shape index (κ3) is 4.30. The van der Waals surface area contributed by atoms with Crippen molar-refractivity contribution < 1.29 is 9.13 Å². The first kappa shape index (κ1) is 15.0. The maximum Gasteiger partial charge on any atom is 0.131 e. The van der Waals surface area contributed by atoms with Gasteiger partial charge in [-0.25, -0.2) is 4.39 Å². The Kier molecular flexibility index (Phi) is 6.73. The fourth-order valence-corrected chi connectivity index (χ4v) is 2.01. The molecule has 1 N–H and O–H groups in total. The second-order valence-corrected chi connectivity index (χ2v) is 4.54. The lowest BCUT2D eigenvalue weighted by Crippen LogP contribution is -2.23. The standard InChI is InChI=1S/C15H24FNO/c1-4-6-7-15(17-10-5-2)13-9-8-12(18-3)11-14(13)16/h8-9,11,15,17H,4-7,10H2,1-3H3. The molecule has 0 aliphatic heterocycles. The van der Waals surface area contributed by atoms with Crippen molar-refractivity contribution in [1.29, 1.82) is 0 Å². The lowest BCUT2D eigenvalue weighted by molar-refractivity contribution is 0.407. The van der Waals surface area contributed by atoms with E-state index in [2.05, 4.69) is 19.2 Å². The predicted octanol–water partition coefficient (Wildman–Crippen LogP) is 4.07. The molecule has 0 saturated carbocycles. The summed E-state index contributed by atoms with van der Waals surface area (Å²) in [6.45, 7) is 5.19. The van der Waals surface area contributed by atoms with Gasteiger partial charge < -0.3 is 10.1 Å². The van der Waals surface area contributed by atoms with Crippen molar-refractivity contribution in [2.75, 3.05) is 13.7 Å². The number of methoxy groups -OCH3 is 1. The Morgan fingerprint density at radius 2 is 2.06 bits per heavy atom. The summed E-state index contributed by atoms with van der Waals surface area (Å²) in [5.74, 6) is 0.389. The number of unbranched alkanes of at least 4 members (excludes halogenated alkanes) is 1. The van der Waals surface area contributed by atoms with Gasteiger partial charge in [0.05, 0.1) is 7.11 Å². The molecule has 1 rings (SSSR count). The second-order valence-electron chi connectivity index (χ2n) is 4.54. The lowest BCUT2D eigenvalue weighted by Gasteiger charge is -2.19. The van der Waals surface area contributed by atoms with Gasteiger partial charge in [0.25, 0.3) is 0 Å². The molecular weight excluding hydrogens is 229 g/mol. The quantitative estimate of drug-likeness (QED) is 0.754. The number of benzene rings is 1. The van der Waals surface area contributed by atoms with Crippen molar-refractivity contribution in [3.05, 3.63) is 29.6 Å². The summed E-state index contributed by atoms with van der Waals surface area (Å²) in [6, 6.07) is 5.22. The van der Waals surface area contributed by atoms with Crippen molar-refractivity contribution in [1.82, 2.24) is 5.32 Å². The van der Waals surface area contributed by atoms with Gasteiger partial charge in [-0.3, -0.25) is 0 Å². The molecular formula is C15H24FNO. The van der Waals surface area contributed by atoms with E-state index >= 15 is 0 Å². The molecule has 0 radical (unpaired) electrons. The van der Waals surface area contributed by atoms with Crippen LogP contribution in [0.1, 0.15) is 51.1 Å². The molecule has 0 fully saturated rings. The van der Waals surface area contributed by atoms with Gasteiger partial charge in [-0.1, -0.05) is 32.8 Å². The summed E-state index contributed by atoms with van der Waals surface area (Å²) in [4.78, 5) is 0. The summed E-state index contributed by atoms with van der Waals surface area (Å²) in [6.07, 6.45) is 4.26. The highest BCUT2D eigenvalue weighted by Gasteiger charge is 2.15. The lowest BCUT2D eigenvalue weighted by atomic mass is 10.00. The zero-order chi connectivity index (χ0) is 13.4. The average Bonchev–Trinajstić information content (AvgIpc) is 2.39. The number of nitrogens with one attached hydrogen (secondary N) is 1. The largest absolute Gasteiger partial charge is 0.497 e. The van der Waals surface area contributed by atoms with Gasteiger partial charge >= 0.3 is 0 Å². The highest BCUT2D eigenvalue weighted by molar-refractivity contribution is 5.30. The molecule has 0 amide bonds. The van der Waals surface area contributed by atoms with Crippen molar-refractivity contribution in [3.8, 4) is 5.75 Å². The van der Waals surface area contributed by atoms with E-state index in [9.17, 15) is 4.39 Å². The Morgan fingerprint density at radius 1 is 1.28 bits per heavy atom. The number of rotatable bonds is 8. The molecule has 1 atom stereocenters. The van der Waals surface area contributed by atoms with Crippen LogP contribution in [0.5, 0.6) is 5.75 Å². The van der Waals surface area contributed by atoms with E-state index in [4.69, 9.17) is 4.74 Å². The van der Waals surface area contributed by atoms with Crippen LogP contribution < -0.4 is 10.1 Å². The zero-order valence-corrected chi connectivity index (χ0v) is 11.6. The number of hydrogen-bond donors (Lipinski definition) is 1. The minimum absolute atomic E-state index is 0.107. The van der Waals surface area contributed by atoms with Crippen LogP contribution in [0.2, 0.25) is 0 Å². The highest BCUT2D eigenvalue weighted by Crippen LogP contribution is 2.25. The van der Waals surface area contributed by atoms with Gasteiger partial charge in [-0.15, -0.1) is 0 Å². The van der Waals surface area contributed by atoms with Crippen LogP contribution in [-0.2, 0) is 0 Å². The third-order valence-electron chi connectivity index (χ3n) is 3.07. The van der Waals surface area contributed by atoms with Gasteiger partial charge in [0.15, 0.2) is 0 Å². The van der Waals surface area contributed by atoms with Crippen molar-refractivity contribution in [3.63, 3.8) is 0 Å². The fourth-order valence-electron chi connectivity index (χ4n) is 2.01. The minimum atomic E-state index is -0.181. The van der Waals surface area contributed by atoms with Crippen LogP contribution in [0.4, 0.5) is 4.39 Å². The maximum absolute atomic E-state index is 14.0. The van der Waals surface area contributed by atoms with E-state index in [0.717, 1.165) is 37.8 Å². The molecule has 18 heavy (non-hydrogen) atoms. The van der Waals surface area contributed by atoms with E-state index in [-0.39, 0.29) is 11.9 Å². The van der Waals surface area contributed by atoms with Crippen molar-refractivity contribution in [2.45, 2.75) is 45.6 Å². The number of halogens is 1. The SMILES string of the molecule is CCCCC(NCCC)c1ccc(OC)cc1F. The van der Waals surface area contributed by atoms with Crippen LogP contribution >= 0.6 is 0 Å². The summed E-state index contributed by atoms with van der Waals surface area (Å²) in [5, 5.41) is 3.42. The maximum atomic E-state index is 14.0. The van der Waals surface area contributed by atoms with Crippen molar-refractivity contribution in [2.24, 2.45) is 0 Å². The van der Waals surface area contributed by atoms with Gasteiger partial charge in [0, 0.05) is 17.7 Å². The first-order valence-electron chi connectivity index (χ1n) is 6.79. The Bertz CT molecular complexity index is 346. The average molecular weight is 253 g/mol. The topological polar surface area (TPSA) is 21.3 Å². The smallest absolute Gasteiger partial charge is 0.131 e. The molecule has 2 nitrogen and oxygen atoms in total.